The molecule has 0 fully saturated rings. The lowest BCUT2D eigenvalue weighted by Gasteiger charge is -2.11. The van der Waals surface area contributed by atoms with Crippen LogP contribution in [0.25, 0.3) is 0 Å². The van der Waals surface area contributed by atoms with Crippen molar-refractivity contribution in [2.24, 2.45) is 0 Å². The number of aromatic nitrogens is 1. The van der Waals surface area contributed by atoms with Crippen molar-refractivity contribution < 1.29 is 22.3 Å². The second-order valence-corrected chi connectivity index (χ2v) is 3.66. The van der Waals surface area contributed by atoms with Crippen molar-refractivity contribution in [3.05, 3.63) is 47.9 Å². The van der Waals surface area contributed by atoms with E-state index in [1.165, 1.54) is 18.3 Å². The Bertz CT molecular complexity index is 599. The largest absolute Gasteiger partial charge is 0.457 e. The van der Waals surface area contributed by atoms with Crippen LogP contribution < -0.4 is 10.5 Å². The van der Waals surface area contributed by atoms with Gasteiger partial charge in [-0.05, 0) is 24.3 Å². The van der Waals surface area contributed by atoms with Gasteiger partial charge in [0.25, 0.3) is 0 Å². The molecule has 1 aromatic carbocycles. The maximum Gasteiger partial charge on any atom is 0.419 e. The number of hydrogen-bond donors (Lipinski definition) is 1. The maximum atomic E-state index is 13.1. The van der Waals surface area contributed by atoms with Gasteiger partial charge in [-0.1, -0.05) is 0 Å². The zero-order valence-electron chi connectivity index (χ0n) is 9.41. The van der Waals surface area contributed by atoms with Gasteiger partial charge in [0.05, 0.1) is 5.56 Å². The highest BCUT2D eigenvalue weighted by molar-refractivity contribution is 5.40. The van der Waals surface area contributed by atoms with Gasteiger partial charge >= 0.3 is 6.18 Å². The average Bonchev–Trinajstić information content (AvgIpc) is 2.30. The molecule has 19 heavy (non-hydrogen) atoms. The number of anilines is 1. The monoisotopic (exact) mass is 272 g/mol. The van der Waals surface area contributed by atoms with E-state index in [1.54, 1.807) is 0 Å². The van der Waals surface area contributed by atoms with Crippen LogP contribution in [0.5, 0.6) is 11.5 Å². The Morgan fingerprint density at radius 1 is 1.05 bits per heavy atom. The number of ether oxygens (including phenoxy) is 1. The van der Waals surface area contributed by atoms with E-state index >= 15 is 0 Å². The summed E-state index contributed by atoms with van der Waals surface area (Å²) in [6.07, 6.45) is -3.43. The van der Waals surface area contributed by atoms with Crippen LogP contribution in [0.1, 0.15) is 5.56 Å². The van der Waals surface area contributed by atoms with Crippen LogP contribution in [0.2, 0.25) is 0 Å². The molecule has 0 bridgehead atoms. The molecule has 0 spiro atoms. The number of nitrogens with zero attached hydrogens (tertiary/aromatic N) is 1. The fraction of sp³-hybridized carbons (Fsp3) is 0.0833. The molecule has 0 aliphatic heterocycles. The number of pyridine rings is 1. The van der Waals surface area contributed by atoms with E-state index in [9.17, 15) is 17.6 Å². The minimum absolute atomic E-state index is 0.140. The van der Waals surface area contributed by atoms with Crippen molar-refractivity contribution in [3.63, 3.8) is 0 Å². The van der Waals surface area contributed by atoms with Crippen molar-refractivity contribution in [2.75, 3.05) is 5.73 Å². The zero-order valence-corrected chi connectivity index (χ0v) is 9.41. The molecule has 3 nitrogen and oxygen atoms in total. The first-order valence-corrected chi connectivity index (χ1v) is 5.12. The van der Waals surface area contributed by atoms with Gasteiger partial charge in [-0.15, -0.1) is 0 Å². The van der Waals surface area contributed by atoms with Crippen LogP contribution in [0, 0.1) is 5.82 Å². The van der Waals surface area contributed by atoms with Crippen molar-refractivity contribution in [2.45, 2.75) is 6.18 Å². The number of hydrogen-bond acceptors (Lipinski definition) is 3. The number of alkyl halides is 3. The molecule has 0 aliphatic rings. The summed E-state index contributed by atoms with van der Waals surface area (Å²) in [5, 5.41) is 0. The summed E-state index contributed by atoms with van der Waals surface area (Å²) in [5.74, 6) is -1.11. The van der Waals surface area contributed by atoms with Crippen LogP contribution in [-0.2, 0) is 6.18 Å². The predicted octanol–water partition coefficient (Wildman–Crippen LogP) is 3.61. The summed E-state index contributed by atoms with van der Waals surface area (Å²) in [5.41, 5.74) is 4.02. The van der Waals surface area contributed by atoms with E-state index in [2.05, 4.69) is 4.98 Å². The molecule has 0 radical (unpaired) electrons. The third kappa shape index (κ3) is 3.12. The second kappa shape index (κ2) is 4.75. The summed E-state index contributed by atoms with van der Waals surface area (Å²) >= 11 is 0. The van der Waals surface area contributed by atoms with E-state index in [-0.39, 0.29) is 17.3 Å². The van der Waals surface area contributed by atoms with Gasteiger partial charge in [-0.2, -0.15) is 13.2 Å². The minimum Gasteiger partial charge on any atom is -0.457 e. The number of halogens is 4. The minimum atomic E-state index is -4.78. The molecule has 1 heterocycles. The molecule has 100 valence electrons. The molecule has 2 aromatic rings. The Balaban J connectivity index is 2.32. The van der Waals surface area contributed by atoms with E-state index in [0.717, 1.165) is 6.07 Å². The molecule has 2 rings (SSSR count). The van der Waals surface area contributed by atoms with Crippen LogP contribution in [0.3, 0.4) is 0 Å². The molecule has 2 N–H and O–H groups in total. The summed E-state index contributed by atoms with van der Waals surface area (Å²) in [6.45, 7) is 0. The number of nitrogens with two attached hydrogens (primary N) is 1. The standard InChI is InChI=1S/C12H8F4N2O/c13-10-2-1-7(5-9(10)12(14,15)16)19-8-3-4-18-11(17)6-8/h1-6H,(H2,17,18). The lowest BCUT2D eigenvalue weighted by Crippen LogP contribution is -2.08. The van der Waals surface area contributed by atoms with Crippen LogP contribution in [-0.4, -0.2) is 4.98 Å². The summed E-state index contributed by atoms with van der Waals surface area (Å²) in [6, 6.07) is 5.15. The predicted molar refractivity (Wildman–Crippen MR) is 60.1 cm³/mol. The van der Waals surface area contributed by atoms with Gasteiger partial charge in [0, 0.05) is 12.3 Å². The highest BCUT2D eigenvalue weighted by atomic mass is 19.4. The first-order chi connectivity index (χ1) is 8.86. The van der Waals surface area contributed by atoms with Crippen LogP contribution in [0.4, 0.5) is 23.4 Å². The highest BCUT2D eigenvalue weighted by Crippen LogP contribution is 2.34. The van der Waals surface area contributed by atoms with Gasteiger partial charge in [-0.3, -0.25) is 0 Å². The van der Waals surface area contributed by atoms with Gasteiger partial charge < -0.3 is 10.5 Å². The molecule has 0 saturated carbocycles. The van der Waals surface area contributed by atoms with Gasteiger partial charge in [0.1, 0.15) is 23.1 Å². The third-order valence-electron chi connectivity index (χ3n) is 2.23. The molecule has 7 heteroatoms. The Kier molecular flexibility index (Phi) is 3.28. The SMILES string of the molecule is Nc1cc(Oc2ccc(F)c(C(F)(F)F)c2)ccn1. The topological polar surface area (TPSA) is 48.1 Å². The molecule has 0 aliphatic carbocycles. The first-order valence-electron chi connectivity index (χ1n) is 5.12. The normalized spacial score (nSPS) is 11.4. The van der Waals surface area contributed by atoms with E-state index < -0.39 is 17.6 Å². The average molecular weight is 272 g/mol. The van der Waals surface area contributed by atoms with Crippen LogP contribution >= 0.6 is 0 Å². The molecule has 0 atom stereocenters. The number of rotatable bonds is 2. The summed E-state index contributed by atoms with van der Waals surface area (Å²) in [7, 11) is 0. The quantitative estimate of drug-likeness (QED) is 0.849. The molecular formula is C12H8F4N2O. The number of benzene rings is 1. The van der Waals surface area contributed by atoms with Crippen molar-refractivity contribution in [1.82, 2.24) is 4.98 Å². The summed E-state index contributed by atoms with van der Waals surface area (Å²) in [4.78, 5) is 3.71. The van der Waals surface area contributed by atoms with Crippen LogP contribution in [0.15, 0.2) is 36.5 Å². The fourth-order valence-electron chi connectivity index (χ4n) is 1.41. The fourth-order valence-corrected chi connectivity index (χ4v) is 1.41. The first kappa shape index (κ1) is 13.1. The molecule has 0 saturated heterocycles. The Labute approximate surface area is 105 Å². The highest BCUT2D eigenvalue weighted by Gasteiger charge is 2.34. The molecule has 1 aromatic heterocycles. The van der Waals surface area contributed by atoms with Crippen molar-refractivity contribution in [1.29, 1.82) is 0 Å². The third-order valence-corrected chi connectivity index (χ3v) is 2.23. The van der Waals surface area contributed by atoms with E-state index in [1.807, 2.05) is 0 Å². The van der Waals surface area contributed by atoms with Crippen molar-refractivity contribution >= 4 is 5.82 Å². The van der Waals surface area contributed by atoms with E-state index in [0.29, 0.717) is 12.1 Å². The molecular weight excluding hydrogens is 264 g/mol. The molecule has 0 amide bonds. The Morgan fingerprint density at radius 3 is 2.37 bits per heavy atom. The van der Waals surface area contributed by atoms with Crippen molar-refractivity contribution in [3.8, 4) is 11.5 Å². The molecule has 0 unspecified atom stereocenters. The second-order valence-electron chi connectivity index (χ2n) is 3.66. The smallest absolute Gasteiger partial charge is 0.419 e. The lowest BCUT2D eigenvalue weighted by molar-refractivity contribution is -0.140. The van der Waals surface area contributed by atoms with Gasteiger partial charge in [0.15, 0.2) is 0 Å². The summed E-state index contributed by atoms with van der Waals surface area (Å²) < 4.78 is 55.7. The Hall–Kier alpha value is -2.31. The lowest BCUT2D eigenvalue weighted by atomic mass is 10.2. The Morgan fingerprint density at radius 2 is 1.74 bits per heavy atom. The van der Waals surface area contributed by atoms with E-state index in [4.69, 9.17) is 10.5 Å². The zero-order chi connectivity index (χ0) is 14.0. The maximum absolute atomic E-state index is 13.1. The number of nitrogen functional groups attached to an aromatic ring is 1. The van der Waals surface area contributed by atoms with Gasteiger partial charge in [0.2, 0.25) is 0 Å². The van der Waals surface area contributed by atoms with Gasteiger partial charge in [-0.25, -0.2) is 9.37 Å².